The fourth-order valence-corrected chi connectivity index (χ4v) is 2.85. The van der Waals surface area contributed by atoms with Crippen LogP contribution in [0.15, 0.2) is 0 Å². The van der Waals surface area contributed by atoms with Gasteiger partial charge in [-0.25, -0.2) is 4.79 Å². The fraction of sp³-hybridized carbons (Fsp3) is 0.857. The summed E-state index contributed by atoms with van der Waals surface area (Å²) in [5.41, 5.74) is -0.116. The maximum Gasteiger partial charge on any atom is 0.317 e. The van der Waals surface area contributed by atoms with Gasteiger partial charge in [0.15, 0.2) is 0 Å². The van der Waals surface area contributed by atoms with Crippen LogP contribution in [0.25, 0.3) is 0 Å². The predicted octanol–water partition coefficient (Wildman–Crippen LogP) is 2.07. The van der Waals surface area contributed by atoms with E-state index in [9.17, 15) is 9.59 Å². The predicted molar refractivity (Wildman–Crippen MR) is 71.9 cm³/mol. The van der Waals surface area contributed by atoms with E-state index in [4.69, 9.17) is 5.11 Å². The molecule has 2 rings (SSSR count). The van der Waals surface area contributed by atoms with Gasteiger partial charge >= 0.3 is 12.0 Å². The summed E-state index contributed by atoms with van der Waals surface area (Å²) in [6.45, 7) is 5.51. The van der Waals surface area contributed by atoms with Gasteiger partial charge in [-0.15, -0.1) is 0 Å². The molecule has 1 heterocycles. The highest BCUT2D eigenvalue weighted by molar-refractivity contribution is 5.75. The third-order valence-corrected chi connectivity index (χ3v) is 4.39. The molecule has 2 fully saturated rings. The Morgan fingerprint density at radius 2 is 1.79 bits per heavy atom. The van der Waals surface area contributed by atoms with E-state index in [0.29, 0.717) is 19.0 Å². The number of aliphatic carboxylic acids is 1. The molecule has 0 aromatic carbocycles. The summed E-state index contributed by atoms with van der Waals surface area (Å²) in [6, 6.07) is 0.00525. The molecular formula is C14H24N2O3. The number of nitrogens with zero attached hydrogens (tertiary/aromatic N) is 1. The smallest absolute Gasteiger partial charge is 0.317 e. The number of piperidine rings is 1. The van der Waals surface area contributed by atoms with E-state index in [0.717, 1.165) is 12.8 Å². The third-order valence-electron chi connectivity index (χ3n) is 4.39. The summed E-state index contributed by atoms with van der Waals surface area (Å²) < 4.78 is 0. The molecule has 0 bridgehead atoms. The van der Waals surface area contributed by atoms with Gasteiger partial charge in [0.1, 0.15) is 0 Å². The molecule has 0 aromatic rings. The third kappa shape index (κ3) is 3.85. The molecule has 0 unspecified atom stereocenters. The number of likely N-dealkylation sites (tertiary alicyclic amines) is 1. The SMILES string of the molecule is CC(C)(NC(=O)N1CCC(CC(=O)O)CC1)C1CC1. The lowest BCUT2D eigenvalue weighted by Gasteiger charge is -2.35. The van der Waals surface area contributed by atoms with Crippen LogP contribution in [0.4, 0.5) is 4.79 Å². The second-order valence-electron chi connectivity index (χ2n) is 6.45. The van der Waals surface area contributed by atoms with Crippen LogP contribution >= 0.6 is 0 Å². The van der Waals surface area contributed by atoms with Gasteiger partial charge in [0.25, 0.3) is 0 Å². The zero-order valence-corrected chi connectivity index (χ0v) is 11.8. The minimum absolute atomic E-state index is 0.00525. The Labute approximate surface area is 114 Å². The van der Waals surface area contributed by atoms with E-state index < -0.39 is 5.97 Å². The number of hydrogen-bond acceptors (Lipinski definition) is 2. The molecule has 0 aromatic heterocycles. The first kappa shape index (κ1) is 14.2. The van der Waals surface area contributed by atoms with Crippen LogP contribution < -0.4 is 5.32 Å². The van der Waals surface area contributed by atoms with Gasteiger partial charge in [0.2, 0.25) is 0 Å². The van der Waals surface area contributed by atoms with Crippen molar-refractivity contribution in [1.82, 2.24) is 10.2 Å². The largest absolute Gasteiger partial charge is 0.481 e. The monoisotopic (exact) mass is 268 g/mol. The highest BCUT2D eigenvalue weighted by Crippen LogP contribution is 2.39. The number of carbonyl (C=O) groups is 2. The van der Waals surface area contributed by atoms with Crippen molar-refractivity contribution in [1.29, 1.82) is 0 Å². The van der Waals surface area contributed by atoms with Crippen LogP contribution in [-0.2, 0) is 4.79 Å². The molecule has 1 aliphatic heterocycles. The molecule has 2 aliphatic rings. The van der Waals surface area contributed by atoms with E-state index in [1.54, 1.807) is 0 Å². The van der Waals surface area contributed by atoms with Gasteiger partial charge in [0, 0.05) is 25.0 Å². The molecule has 1 aliphatic carbocycles. The van der Waals surface area contributed by atoms with Crippen molar-refractivity contribution in [3.63, 3.8) is 0 Å². The lowest BCUT2D eigenvalue weighted by atomic mass is 9.93. The first-order valence-corrected chi connectivity index (χ1v) is 7.17. The number of hydrogen-bond donors (Lipinski definition) is 2. The van der Waals surface area contributed by atoms with Gasteiger partial charge in [-0.1, -0.05) is 0 Å². The van der Waals surface area contributed by atoms with Crippen LogP contribution in [0.5, 0.6) is 0 Å². The standard InChI is InChI=1S/C14H24N2O3/c1-14(2,11-3-4-11)15-13(19)16-7-5-10(6-8-16)9-12(17)18/h10-11H,3-9H2,1-2H3,(H,15,19)(H,17,18). The van der Waals surface area contributed by atoms with Crippen molar-refractivity contribution < 1.29 is 14.7 Å². The number of rotatable bonds is 4. The van der Waals surface area contributed by atoms with E-state index >= 15 is 0 Å². The molecule has 5 heteroatoms. The molecule has 19 heavy (non-hydrogen) atoms. The molecule has 1 saturated heterocycles. The molecule has 0 atom stereocenters. The van der Waals surface area contributed by atoms with Gasteiger partial charge in [0.05, 0.1) is 0 Å². The van der Waals surface area contributed by atoms with Crippen molar-refractivity contribution in [2.75, 3.05) is 13.1 Å². The number of carbonyl (C=O) groups excluding carboxylic acids is 1. The average molecular weight is 268 g/mol. The number of amides is 2. The Morgan fingerprint density at radius 3 is 2.26 bits per heavy atom. The van der Waals surface area contributed by atoms with Crippen LogP contribution in [0.1, 0.15) is 46.0 Å². The molecule has 2 N–H and O–H groups in total. The van der Waals surface area contributed by atoms with Crippen molar-refractivity contribution in [3.05, 3.63) is 0 Å². The van der Waals surface area contributed by atoms with Crippen molar-refractivity contribution in [2.45, 2.75) is 51.5 Å². The van der Waals surface area contributed by atoms with Crippen molar-refractivity contribution >= 4 is 12.0 Å². The van der Waals surface area contributed by atoms with Gasteiger partial charge in [-0.05, 0) is 51.4 Å². The van der Waals surface area contributed by atoms with E-state index in [-0.39, 0.29) is 23.9 Å². The Hall–Kier alpha value is -1.26. The fourth-order valence-electron chi connectivity index (χ4n) is 2.85. The second-order valence-corrected chi connectivity index (χ2v) is 6.45. The van der Waals surface area contributed by atoms with Gasteiger partial charge in [-0.3, -0.25) is 4.79 Å². The zero-order valence-electron chi connectivity index (χ0n) is 11.8. The number of urea groups is 1. The summed E-state index contributed by atoms with van der Waals surface area (Å²) in [4.78, 5) is 24.7. The zero-order chi connectivity index (χ0) is 14.0. The van der Waals surface area contributed by atoms with Crippen LogP contribution in [-0.4, -0.2) is 40.6 Å². The van der Waals surface area contributed by atoms with Gasteiger partial charge < -0.3 is 15.3 Å². The van der Waals surface area contributed by atoms with Gasteiger partial charge in [-0.2, -0.15) is 0 Å². The minimum atomic E-state index is -0.738. The molecule has 1 saturated carbocycles. The molecule has 2 amide bonds. The molecule has 0 spiro atoms. The van der Waals surface area contributed by atoms with Crippen LogP contribution in [0.2, 0.25) is 0 Å². The van der Waals surface area contributed by atoms with Crippen LogP contribution in [0.3, 0.4) is 0 Å². The molecule has 108 valence electrons. The Balaban J connectivity index is 1.77. The van der Waals surface area contributed by atoms with E-state index in [2.05, 4.69) is 19.2 Å². The topological polar surface area (TPSA) is 69.6 Å². The van der Waals surface area contributed by atoms with E-state index in [1.165, 1.54) is 12.8 Å². The Bertz CT molecular complexity index is 356. The molecular weight excluding hydrogens is 244 g/mol. The average Bonchev–Trinajstić information content (AvgIpc) is 3.12. The maximum atomic E-state index is 12.2. The van der Waals surface area contributed by atoms with Crippen LogP contribution in [0, 0.1) is 11.8 Å². The summed E-state index contributed by atoms with van der Waals surface area (Å²) >= 11 is 0. The number of nitrogens with one attached hydrogen (secondary N) is 1. The summed E-state index contributed by atoms with van der Waals surface area (Å²) in [5, 5.41) is 11.9. The lowest BCUT2D eigenvalue weighted by Crippen LogP contribution is -2.53. The quantitative estimate of drug-likeness (QED) is 0.820. The number of carboxylic acid groups (broad SMARTS) is 1. The Kier molecular flexibility index (Phi) is 4.02. The second kappa shape index (κ2) is 5.39. The first-order valence-electron chi connectivity index (χ1n) is 7.17. The normalized spacial score (nSPS) is 21.3. The maximum absolute atomic E-state index is 12.2. The first-order chi connectivity index (χ1) is 8.88. The summed E-state index contributed by atoms with van der Waals surface area (Å²) in [7, 11) is 0. The molecule has 5 nitrogen and oxygen atoms in total. The van der Waals surface area contributed by atoms with Crippen molar-refractivity contribution in [3.8, 4) is 0 Å². The Morgan fingerprint density at radius 1 is 1.21 bits per heavy atom. The van der Waals surface area contributed by atoms with E-state index in [1.807, 2.05) is 4.90 Å². The molecule has 0 radical (unpaired) electrons. The van der Waals surface area contributed by atoms with Crippen molar-refractivity contribution in [2.24, 2.45) is 11.8 Å². The number of carboxylic acids is 1. The minimum Gasteiger partial charge on any atom is -0.481 e. The highest BCUT2D eigenvalue weighted by Gasteiger charge is 2.39. The highest BCUT2D eigenvalue weighted by atomic mass is 16.4. The summed E-state index contributed by atoms with van der Waals surface area (Å²) in [5.74, 6) is 0.0942. The lowest BCUT2D eigenvalue weighted by molar-refractivity contribution is -0.138. The summed E-state index contributed by atoms with van der Waals surface area (Å²) in [6.07, 6.45) is 4.22.